The van der Waals surface area contributed by atoms with Gasteiger partial charge in [-0.05, 0) is 64.7 Å². The number of rotatable bonds is 40. The zero-order valence-corrected chi connectivity index (χ0v) is 33.1. The molecule has 0 radical (unpaired) electrons. The van der Waals surface area contributed by atoms with Crippen LogP contribution in [0.2, 0.25) is 0 Å². The van der Waals surface area contributed by atoms with Gasteiger partial charge in [-0.15, -0.1) is 0 Å². The molecule has 0 aliphatic heterocycles. The minimum Gasteiger partial charge on any atom is -0.463 e. The third-order valence-corrected chi connectivity index (χ3v) is 10.1. The maximum absolute atomic E-state index is 12.2. The van der Waals surface area contributed by atoms with Crippen LogP contribution in [-0.2, 0) is 14.3 Å². The van der Waals surface area contributed by atoms with Crippen molar-refractivity contribution in [2.45, 2.75) is 264 Å². The molecular formula is C45H86O3. The second-order valence-electron chi connectivity index (χ2n) is 15.2. The fourth-order valence-electron chi connectivity index (χ4n) is 6.79. The molecule has 1 atom stereocenters. The number of carbonyl (C=O) groups is 2. The van der Waals surface area contributed by atoms with Crippen LogP contribution in [0.5, 0.6) is 0 Å². The highest BCUT2D eigenvalue weighted by Gasteiger charge is 2.09. The van der Waals surface area contributed by atoms with E-state index >= 15 is 0 Å². The van der Waals surface area contributed by atoms with Gasteiger partial charge in [0, 0.05) is 19.3 Å². The van der Waals surface area contributed by atoms with Gasteiger partial charge in [-0.2, -0.15) is 0 Å². The van der Waals surface area contributed by atoms with Gasteiger partial charge in [-0.1, -0.05) is 187 Å². The molecule has 0 spiro atoms. The molecule has 1 unspecified atom stereocenters. The van der Waals surface area contributed by atoms with Crippen molar-refractivity contribution in [3.05, 3.63) is 12.2 Å². The molecule has 0 aliphatic rings. The van der Waals surface area contributed by atoms with Crippen molar-refractivity contribution in [2.24, 2.45) is 0 Å². The van der Waals surface area contributed by atoms with Crippen molar-refractivity contribution in [3.63, 3.8) is 0 Å². The molecule has 284 valence electrons. The standard InChI is InChI=1S/C45H86O3/c1-4-6-8-10-12-14-16-18-19-21-23-25-30-34-38-42-45(47)48-43(3)39-35-31-27-26-29-33-37-41-44(46)40-36-32-28-24-22-20-17-15-13-11-9-7-5-2/h18-19,43H,4-17,20-42H2,1-3H3/b19-18-. The first-order valence-electron chi connectivity index (χ1n) is 22.0. The largest absolute Gasteiger partial charge is 0.463 e. The molecule has 0 saturated heterocycles. The summed E-state index contributed by atoms with van der Waals surface area (Å²) in [7, 11) is 0. The SMILES string of the molecule is CCCCCCCC/C=C\CCCCCCCC(=O)OC(C)CCCCCCCCCC(=O)CCCCCCCCCCCCCCC. The Balaban J connectivity index is 3.36. The Morgan fingerprint density at radius 1 is 0.417 bits per heavy atom. The quantitative estimate of drug-likeness (QED) is 0.0369. The lowest BCUT2D eigenvalue weighted by Gasteiger charge is -2.13. The number of hydrogen-bond donors (Lipinski definition) is 0. The Morgan fingerprint density at radius 3 is 1.12 bits per heavy atom. The molecule has 0 aliphatic carbocycles. The van der Waals surface area contributed by atoms with Crippen molar-refractivity contribution < 1.29 is 14.3 Å². The zero-order valence-electron chi connectivity index (χ0n) is 33.1. The van der Waals surface area contributed by atoms with E-state index in [2.05, 4.69) is 26.0 Å². The monoisotopic (exact) mass is 675 g/mol. The number of hydrogen-bond acceptors (Lipinski definition) is 3. The molecule has 0 rings (SSSR count). The highest BCUT2D eigenvalue weighted by atomic mass is 16.5. The van der Waals surface area contributed by atoms with Gasteiger partial charge in [0.25, 0.3) is 0 Å². The Hall–Kier alpha value is -1.12. The van der Waals surface area contributed by atoms with Crippen LogP contribution in [0.25, 0.3) is 0 Å². The van der Waals surface area contributed by atoms with E-state index in [1.165, 1.54) is 180 Å². The third-order valence-electron chi connectivity index (χ3n) is 10.1. The molecule has 48 heavy (non-hydrogen) atoms. The summed E-state index contributed by atoms with van der Waals surface area (Å²) < 4.78 is 5.65. The number of carbonyl (C=O) groups excluding carboxylic acids is 2. The number of Topliss-reactive ketones (excluding diaryl/α,β-unsaturated/α-hetero) is 1. The van der Waals surface area contributed by atoms with Crippen LogP contribution < -0.4 is 0 Å². The fraction of sp³-hybridized carbons (Fsp3) is 0.911. The fourth-order valence-corrected chi connectivity index (χ4v) is 6.79. The highest BCUT2D eigenvalue weighted by molar-refractivity contribution is 5.78. The second-order valence-corrected chi connectivity index (χ2v) is 15.2. The van der Waals surface area contributed by atoms with Gasteiger partial charge in [-0.25, -0.2) is 0 Å². The van der Waals surface area contributed by atoms with Crippen molar-refractivity contribution in [3.8, 4) is 0 Å². The summed E-state index contributed by atoms with van der Waals surface area (Å²) in [4.78, 5) is 24.4. The van der Waals surface area contributed by atoms with E-state index < -0.39 is 0 Å². The minimum atomic E-state index is -0.0104. The van der Waals surface area contributed by atoms with E-state index in [4.69, 9.17) is 4.74 Å². The molecular weight excluding hydrogens is 588 g/mol. The lowest BCUT2D eigenvalue weighted by molar-refractivity contribution is -0.148. The number of esters is 1. The maximum atomic E-state index is 12.2. The Labute approximate surface area is 302 Å². The molecule has 3 nitrogen and oxygen atoms in total. The first-order chi connectivity index (χ1) is 23.6. The van der Waals surface area contributed by atoms with E-state index in [-0.39, 0.29) is 12.1 Å². The molecule has 0 aromatic rings. The maximum Gasteiger partial charge on any atom is 0.306 e. The van der Waals surface area contributed by atoms with Gasteiger partial charge in [0.15, 0.2) is 0 Å². The molecule has 0 saturated carbocycles. The first kappa shape index (κ1) is 46.9. The Bertz CT molecular complexity index is 684. The van der Waals surface area contributed by atoms with Crippen LogP contribution in [-0.4, -0.2) is 17.9 Å². The topological polar surface area (TPSA) is 43.4 Å². The summed E-state index contributed by atoms with van der Waals surface area (Å²) in [6.45, 7) is 6.61. The first-order valence-corrected chi connectivity index (χ1v) is 22.0. The van der Waals surface area contributed by atoms with Gasteiger partial charge in [0.1, 0.15) is 5.78 Å². The van der Waals surface area contributed by atoms with Crippen molar-refractivity contribution in [1.29, 1.82) is 0 Å². The molecule has 0 aromatic heterocycles. The van der Waals surface area contributed by atoms with Crippen LogP contribution in [0.4, 0.5) is 0 Å². The summed E-state index contributed by atoms with van der Waals surface area (Å²) in [5.74, 6) is 0.475. The van der Waals surface area contributed by atoms with E-state index in [1.807, 2.05) is 6.92 Å². The zero-order chi connectivity index (χ0) is 35.0. The molecule has 3 heteroatoms. The van der Waals surface area contributed by atoms with Crippen molar-refractivity contribution in [2.75, 3.05) is 0 Å². The summed E-state index contributed by atoms with van der Waals surface area (Å²) in [6.07, 6.45) is 50.5. The summed E-state index contributed by atoms with van der Waals surface area (Å²) in [6, 6.07) is 0. The lowest BCUT2D eigenvalue weighted by Crippen LogP contribution is -2.14. The highest BCUT2D eigenvalue weighted by Crippen LogP contribution is 2.16. The van der Waals surface area contributed by atoms with Gasteiger partial charge in [0.05, 0.1) is 6.10 Å². The van der Waals surface area contributed by atoms with Gasteiger partial charge in [-0.3, -0.25) is 9.59 Å². The summed E-state index contributed by atoms with van der Waals surface area (Å²) >= 11 is 0. The smallest absolute Gasteiger partial charge is 0.306 e. The predicted octanol–water partition coefficient (Wildman–Crippen LogP) is 15.5. The Morgan fingerprint density at radius 2 is 0.729 bits per heavy atom. The van der Waals surface area contributed by atoms with Crippen LogP contribution in [0.3, 0.4) is 0 Å². The summed E-state index contributed by atoms with van der Waals surface area (Å²) in [5, 5.41) is 0. The number of allylic oxidation sites excluding steroid dienone is 2. The second kappa shape index (κ2) is 40.3. The number of ketones is 1. The van der Waals surface area contributed by atoms with Crippen LogP contribution in [0.1, 0.15) is 258 Å². The molecule has 0 amide bonds. The molecule has 0 N–H and O–H groups in total. The summed E-state index contributed by atoms with van der Waals surface area (Å²) in [5.41, 5.74) is 0. The predicted molar refractivity (Wildman–Crippen MR) is 212 cm³/mol. The van der Waals surface area contributed by atoms with E-state index in [0.29, 0.717) is 12.2 Å². The van der Waals surface area contributed by atoms with E-state index in [9.17, 15) is 9.59 Å². The Kier molecular flexibility index (Phi) is 39.4. The minimum absolute atomic E-state index is 0.0104. The van der Waals surface area contributed by atoms with Crippen LogP contribution in [0.15, 0.2) is 12.2 Å². The van der Waals surface area contributed by atoms with E-state index in [1.54, 1.807) is 0 Å². The van der Waals surface area contributed by atoms with Gasteiger partial charge >= 0.3 is 5.97 Å². The normalized spacial score (nSPS) is 12.2. The average molecular weight is 675 g/mol. The van der Waals surface area contributed by atoms with Crippen molar-refractivity contribution in [1.82, 2.24) is 0 Å². The van der Waals surface area contributed by atoms with Gasteiger partial charge < -0.3 is 4.74 Å². The van der Waals surface area contributed by atoms with Crippen LogP contribution in [0, 0.1) is 0 Å². The number of ether oxygens (including phenoxy) is 1. The third kappa shape index (κ3) is 39.3. The van der Waals surface area contributed by atoms with Crippen LogP contribution >= 0.6 is 0 Å². The number of unbranched alkanes of at least 4 members (excludes halogenated alkanes) is 29. The average Bonchev–Trinajstić information content (AvgIpc) is 3.07. The lowest BCUT2D eigenvalue weighted by atomic mass is 10.0. The molecule has 0 heterocycles. The molecule has 0 aromatic carbocycles. The van der Waals surface area contributed by atoms with E-state index in [0.717, 1.165) is 51.4 Å². The molecule has 0 fully saturated rings. The van der Waals surface area contributed by atoms with Crippen molar-refractivity contribution >= 4 is 11.8 Å². The van der Waals surface area contributed by atoms with Gasteiger partial charge in [0.2, 0.25) is 0 Å². The molecule has 0 bridgehead atoms.